The second-order valence-corrected chi connectivity index (χ2v) is 7.88. The van der Waals surface area contributed by atoms with Crippen molar-refractivity contribution < 1.29 is 29.6 Å². The fraction of sp³-hybridized carbons (Fsp3) is 0.444. The molecule has 1 fully saturated rings. The number of rotatable bonds is 4. The van der Waals surface area contributed by atoms with Gasteiger partial charge in [0.05, 0.1) is 6.61 Å². The Morgan fingerprint density at radius 1 is 1.43 bits per heavy atom. The molecule has 160 valence electrons. The number of carbonyl (C=O) groups is 2. The van der Waals surface area contributed by atoms with Crippen LogP contribution in [0.5, 0.6) is 0 Å². The van der Waals surface area contributed by atoms with Gasteiger partial charge in [0.1, 0.15) is 24.5 Å². The van der Waals surface area contributed by atoms with Crippen LogP contribution in [-0.2, 0) is 9.53 Å². The summed E-state index contributed by atoms with van der Waals surface area (Å²) in [5.74, 6) is -1.26. The SMILES string of the molecule is C[C@@]1(O)[C@H](O)[C@@H](CO)O[C@H]1N1CN=C2C(=O)N[C@@](Cl)(NC(=O)c3ccccc3)N=C21. The highest BCUT2D eigenvalue weighted by Gasteiger charge is 2.57. The average Bonchev–Trinajstić information content (AvgIpc) is 3.21. The molecule has 4 rings (SSSR count). The van der Waals surface area contributed by atoms with Crippen LogP contribution in [0, 0.1) is 0 Å². The van der Waals surface area contributed by atoms with Crippen LogP contribution in [0.3, 0.4) is 0 Å². The Morgan fingerprint density at radius 2 is 2.13 bits per heavy atom. The second-order valence-electron chi connectivity index (χ2n) is 7.33. The normalized spacial score (nSPS) is 35.4. The van der Waals surface area contributed by atoms with Gasteiger partial charge in [-0.1, -0.05) is 18.2 Å². The molecule has 5 N–H and O–H groups in total. The molecule has 0 aliphatic carbocycles. The molecule has 11 nitrogen and oxygen atoms in total. The highest BCUT2D eigenvalue weighted by atomic mass is 35.5. The molecule has 0 spiro atoms. The van der Waals surface area contributed by atoms with Crippen LogP contribution in [0.15, 0.2) is 40.3 Å². The van der Waals surface area contributed by atoms with Gasteiger partial charge >= 0.3 is 0 Å². The van der Waals surface area contributed by atoms with Gasteiger partial charge in [-0.2, -0.15) is 0 Å². The number of fused-ring (bicyclic) bond motifs is 1. The summed E-state index contributed by atoms with van der Waals surface area (Å²) in [5.41, 5.74) is -1.54. The van der Waals surface area contributed by atoms with Crippen molar-refractivity contribution in [3.63, 3.8) is 0 Å². The molecule has 0 aromatic heterocycles. The van der Waals surface area contributed by atoms with Crippen molar-refractivity contribution in [1.82, 2.24) is 15.5 Å². The smallest absolute Gasteiger partial charge is 0.293 e. The monoisotopic (exact) mass is 437 g/mol. The van der Waals surface area contributed by atoms with E-state index < -0.39 is 47.7 Å². The third-order valence-electron chi connectivity index (χ3n) is 5.15. The Hall–Kier alpha value is -2.57. The summed E-state index contributed by atoms with van der Waals surface area (Å²) in [7, 11) is 0. The number of benzene rings is 1. The lowest BCUT2D eigenvalue weighted by Gasteiger charge is -2.36. The molecule has 0 radical (unpaired) electrons. The molecular weight excluding hydrogens is 418 g/mol. The van der Waals surface area contributed by atoms with E-state index in [-0.39, 0.29) is 18.2 Å². The van der Waals surface area contributed by atoms with E-state index in [1.54, 1.807) is 30.3 Å². The molecule has 1 aromatic carbocycles. The van der Waals surface area contributed by atoms with Crippen LogP contribution in [0.2, 0.25) is 0 Å². The number of nitrogens with one attached hydrogen (secondary N) is 2. The number of alkyl halides is 1. The quantitative estimate of drug-likeness (QED) is 0.279. The number of aliphatic imine (C=N–C) groups is 2. The van der Waals surface area contributed by atoms with Crippen molar-refractivity contribution in [2.75, 3.05) is 13.3 Å². The number of hydrogen-bond acceptors (Lipinski definition) is 9. The van der Waals surface area contributed by atoms with Crippen LogP contribution in [0.4, 0.5) is 0 Å². The number of amides is 2. The summed E-state index contributed by atoms with van der Waals surface area (Å²) >= 11 is 6.38. The molecule has 3 heterocycles. The van der Waals surface area contributed by atoms with Crippen LogP contribution in [-0.4, -0.2) is 86.1 Å². The zero-order valence-electron chi connectivity index (χ0n) is 15.8. The molecule has 12 heteroatoms. The van der Waals surface area contributed by atoms with E-state index in [1.807, 2.05) is 0 Å². The van der Waals surface area contributed by atoms with Crippen molar-refractivity contribution in [2.45, 2.75) is 36.2 Å². The summed E-state index contributed by atoms with van der Waals surface area (Å²) in [4.78, 5) is 34.7. The first-order valence-electron chi connectivity index (χ1n) is 9.13. The van der Waals surface area contributed by atoms with Crippen LogP contribution >= 0.6 is 11.6 Å². The fourth-order valence-corrected chi connectivity index (χ4v) is 3.83. The number of ether oxygens (including phenoxy) is 1. The van der Waals surface area contributed by atoms with Gasteiger partial charge in [-0.25, -0.2) is 4.99 Å². The summed E-state index contributed by atoms with van der Waals surface area (Å²) in [6.45, 7) is 0.715. The number of hydrogen-bond donors (Lipinski definition) is 5. The van der Waals surface area contributed by atoms with Crippen LogP contribution in [0.1, 0.15) is 17.3 Å². The average molecular weight is 438 g/mol. The largest absolute Gasteiger partial charge is 0.394 e. The van der Waals surface area contributed by atoms with Crippen molar-refractivity contribution in [1.29, 1.82) is 0 Å². The lowest BCUT2D eigenvalue weighted by Crippen LogP contribution is -2.64. The summed E-state index contributed by atoms with van der Waals surface area (Å²) in [5, 5.41) is 33.2. The maximum atomic E-state index is 12.5. The molecule has 30 heavy (non-hydrogen) atoms. The van der Waals surface area contributed by atoms with Gasteiger partial charge < -0.3 is 25.0 Å². The molecule has 3 aliphatic heterocycles. The molecule has 2 amide bonds. The van der Waals surface area contributed by atoms with E-state index in [9.17, 15) is 24.9 Å². The number of nitrogens with zero attached hydrogens (tertiary/aromatic N) is 3. The standard InChI is InChI=1S/C18H20ClN5O6/c1-17(29)12(26)10(7-25)30-16(17)24-8-20-11-13(24)21-18(19,23-15(11)28)22-14(27)9-5-3-2-4-6-9/h2-6,10,12,16,25-26,29H,7-8H2,1H3,(H,22,27)(H,23,28)/t10-,12-,16-,17-,18-/m1/s1. The van der Waals surface area contributed by atoms with Crippen molar-refractivity contribution in [3.05, 3.63) is 35.9 Å². The maximum absolute atomic E-state index is 12.5. The molecule has 1 saturated heterocycles. The van der Waals surface area contributed by atoms with Gasteiger partial charge in [-0.05, 0) is 30.7 Å². The van der Waals surface area contributed by atoms with Crippen molar-refractivity contribution in [2.24, 2.45) is 9.98 Å². The zero-order valence-corrected chi connectivity index (χ0v) is 16.6. The molecule has 3 aliphatic rings. The topological polar surface area (TPSA) is 156 Å². The van der Waals surface area contributed by atoms with Crippen LogP contribution in [0.25, 0.3) is 0 Å². The lowest BCUT2D eigenvalue weighted by atomic mass is 9.96. The number of aliphatic hydroxyl groups is 3. The number of aliphatic hydroxyl groups excluding tert-OH is 2. The highest BCUT2D eigenvalue weighted by Crippen LogP contribution is 2.35. The minimum absolute atomic E-state index is 0.0156. The second kappa shape index (κ2) is 7.29. The Labute approximate surface area is 176 Å². The minimum atomic E-state index is -2.00. The molecule has 0 unspecified atom stereocenters. The van der Waals surface area contributed by atoms with Gasteiger partial charge in [0, 0.05) is 5.56 Å². The van der Waals surface area contributed by atoms with Gasteiger partial charge in [-0.3, -0.25) is 25.2 Å². The Bertz CT molecular complexity index is 938. The maximum Gasteiger partial charge on any atom is 0.293 e. The minimum Gasteiger partial charge on any atom is -0.394 e. The van der Waals surface area contributed by atoms with Crippen molar-refractivity contribution >= 4 is 35.0 Å². The van der Waals surface area contributed by atoms with E-state index in [0.717, 1.165) is 0 Å². The van der Waals surface area contributed by atoms with E-state index in [1.165, 1.54) is 11.8 Å². The van der Waals surface area contributed by atoms with E-state index >= 15 is 0 Å². The van der Waals surface area contributed by atoms with Crippen molar-refractivity contribution in [3.8, 4) is 0 Å². The van der Waals surface area contributed by atoms with E-state index in [0.29, 0.717) is 5.56 Å². The Kier molecular flexibility index (Phi) is 5.03. The highest BCUT2D eigenvalue weighted by molar-refractivity contribution is 6.68. The van der Waals surface area contributed by atoms with Crippen LogP contribution < -0.4 is 10.6 Å². The summed E-state index contributed by atoms with van der Waals surface area (Å²) in [6.07, 6.45) is -3.58. The Balaban J connectivity index is 1.63. The van der Waals surface area contributed by atoms with E-state index in [4.69, 9.17) is 16.3 Å². The van der Waals surface area contributed by atoms with Gasteiger partial charge in [0.25, 0.3) is 17.1 Å². The zero-order chi connectivity index (χ0) is 21.7. The third-order valence-corrected chi connectivity index (χ3v) is 5.43. The third kappa shape index (κ3) is 3.34. The first-order chi connectivity index (χ1) is 14.2. The molecule has 0 bridgehead atoms. The summed E-state index contributed by atoms with van der Waals surface area (Å²) < 4.78 is 5.58. The van der Waals surface area contributed by atoms with Gasteiger partial charge in [-0.15, -0.1) is 0 Å². The molecule has 1 aromatic rings. The van der Waals surface area contributed by atoms with Gasteiger partial charge in [0.15, 0.2) is 17.8 Å². The molecule has 0 saturated carbocycles. The molecular formula is C18H20ClN5O6. The number of carbonyl (C=O) groups excluding carboxylic acids is 2. The number of amidine groups is 1. The predicted octanol–water partition coefficient (Wildman–Crippen LogP) is -1.66. The number of halogens is 1. The fourth-order valence-electron chi connectivity index (χ4n) is 3.58. The first-order valence-corrected chi connectivity index (χ1v) is 9.51. The molecule has 5 atom stereocenters. The Morgan fingerprint density at radius 3 is 2.77 bits per heavy atom. The summed E-state index contributed by atoms with van der Waals surface area (Å²) in [6, 6.07) is 8.24. The predicted molar refractivity (Wildman–Crippen MR) is 105 cm³/mol. The van der Waals surface area contributed by atoms with Gasteiger partial charge in [0.2, 0.25) is 0 Å². The first kappa shape index (κ1) is 20.7. The lowest BCUT2D eigenvalue weighted by molar-refractivity contribution is -0.116. The van der Waals surface area contributed by atoms with E-state index in [2.05, 4.69) is 20.6 Å².